The smallest absolute Gasteiger partial charge is 0.251 e. The second-order valence-corrected chi connectivity index (χ2v) is 7.68. The molecule has 0 spiro atoms. The molecule has 1 aromatic carbocycles. The molecule has 1 saturated heterocycles. The van der Waals surface area contributed by atoms with Crippen molar-refractivity contribution in [3.8, 4) is 0 Å². The van der Waals surface area contributed by atoms with E-state index in [0.29, 0.717) is 18.9 Å². The summed E-state index contributed by atoms with van der Waals surface area (Å²) in [6, 6.07) is 8.07. The van der Waals surface area contributed by atoms with Crippen LogP contribution >= 0.6 is 0 Å². The Labute approximate surface area is 161 Å². The van der Waals surface area contributed by atoms with Crippen LogP contribution in [0, 0.1) is 6.92 Å². The predicted molar refractivity (Wildman–Crippen MR) is 106 cm³/mol. The standard InChI is InChI=1S/C22H28N4O/c1-15-19-8-3-9-20(19)26-21(25-15)10-12-24-22(27)17-6-2-5-16(13-17)18-7-4-11-23-14-18/h2,5-6,13,18,23H,3-4,7-12,14H2,1H3,(H,24,27)/t18-/m1/s1. The van der Waals surface area contributed by atoms with E-state index in [0.717, 1.165) is 43.0 Å². The number of benzene rings is 1. The van der Waals surface area contributed by atoms with Crippen molar-refractivity contribution in [2.75, 3.05) is 19.6 Å². The SMILES string of the molecule is Cc1nc(CCNC(=O)c2cccc([C@@H]3CCCNC3)c2)nc2c1CCC2. The number of fused-ring (bicyclic) bond motifs is 1. The highest BCUT2D eigenvalue weighted by Crippen LogP contribution is 2.24. The lowest BCUT2D eigenvalue weighted by Crippen LogP contribution is -2.29. The summed E-state index contributed by atoms with van der Waals surface area (Å²) in [6.45, 7) is 4.73. The number of carbonyl (C=O) groups is 1. The Bertz CT molecular complexity index is 827. The van der Waals surface area contributed by atoms with Crippen molar-refractivity contribution in [1.29, 1.82) is 0 Å². The van der Waals surface area contributed by atoms with Crippen LogP contribution < -0.4 is 10.6 Å². The molecule has 0 radical (unpaired) electrons. The minimum atomic E-state index is -0.0153. The highest BCUT2D eigenvalue weighted by Gasteiger charge is 2.18. The van der Waals surface area contributed by atoms with Gasteiger partial charge in [0.1, 0.15) is 5.82 Å². The maximum Gasteiger partial charge on any atom is 0.251 e. The fourth-order valence-corrected chi connectivity index (χ4v) is 4.25. The summed E-state index contributed by atoms with van der Waals surface area (Å²) < 4.78 is 0. The molecule has 2 aromatic rings. The Balaban J connectivity index is 1.35. The van der Waals surface area contributed by atoms with E-state index in [1.54, 1.807) is 0 Å². The van der Waals surface area contributed by atoms with E-state index in [1.807, 2.05) is 18.2 Å². The average molecular weight is 364 g/mol. The zero-order chi connectivity index (χ0) is 18.6. The van der Waals surface area contributed by atoms with Gasteiger partial charge in [-0.25, -0.2) is 9.97 Å². The normalized spacial score (nSPS) is 18.9. The number of aryl methyl sites for hydroxylation is 2. The zero-order valence-corrected chi connectivity index (χ0v) is 16.1. The molecule has 1 amide bonds. The minimum absolute atomic E-state index is 0.0153. The summed E-state index contributed by atoms with van der Waals surface area (Å²) in [5.41, 5.74) is 5.64. The highest BCUT2D eigenvalue weighted by molar-refractivity contribution is 5.94. The fraction of sp³-hybridized carbons (Fsp3) is 0.500. The van der Waals surface area contributed by atoms with Crippen LogP contribution in [-0.4, -0.2) is 35.5 Å². The molecule has 27 heavy (non-hydrogen) atoms. The van der Waals surface area contributed by atoms with Gasteiger partial charge in [0.2, 0.25) is 0 Å². The first-order valence-corrected chi connectivity index (χ1v) is 10.1. The van der Waals surface area contributed by atoms with Crippen LogP contribution in [0.1, 0.15) is 63.9 Å². The number of rotatable bonds is 5. The molecule has 5 heteroatoms. The van der Waals surface area contributed by atoms with Crippen molar-refractivity contribution < 1.29 is 4.79 Å². The van der Waals surface area contributed by atoms with Crippen molar-refractivity contribution >= 4 is 5.91 Å². The Hall–Kier alpha value is -2.27. The van der Waals surface area contributed by atoms with Crippen LogP contribution in [-0.2, 0) is 19.3 Å². The van der Waals surface area contributed by atoms with E-state index in [2.05, 4.69) is 33.6 Å². The number of piperidine rings is 1. The lowest BCUT2D eigenvalue weighted by Gasteiger charge is -2.23. The summed E-state index contributed by atoms with van der Waals surface area (Å²) in [5, 5.41) is 6.47. The Morgan fingerprint density at radius 2 is 2.19 bits per heavy atom. The van der Waals surface area contributed by atoms with Crippen LogP contribution in [0.5, 0.6) is 0 Å². The molecule has 1 aliphatic carbocycles. The number of carbonyl (C=O) groups excluding carboxylic acids is 1. The van der Waals surface area contributed by atoms with E-state index in [-0.39, 0.29) is 5.91 Å². The molecular weight excluding hydrogens is 336 g/mol. The molecule has 0 unspecified atom stereocenters. The van der Waals surface area contributed by atoms with E-state index >= 15 is 0 Å². The Morgan fingerprint density at radius 1 is 1.26 bits per heavy atom. The summed E-state index contributed by atoms with van der Waals surface area (Å²) in [4.78, 5) is 21.9. The first-order valence-electron chi connectivity index (χ1n) is 10.1. The van der Waals surface area contributed by atoms with Gasteiger partial charge in [-0.1, -0.05) is 12.1 Å². The molecule has 0 saturated carbocycles. The molecule has 0 bridgehead atoms. The predicted octanol–water partition coefficient (Wildman–Crippen LogP) is 2.71. The second kappa shape index (κ2) is 8.17. The molecule has 2 aliphatic rings. The second-order valence-electron chi connectivity index (χ2n) is 7.68. The topological polar surface area (TPSA) is 66.9 Å². The zero-order valence-electron chi connectivity index (χ0n) is 16.1. The molecule has 142 valence electrons. The molecular formula is C22H28N4O. The van der Waals surface area contributed by atoms with Crippen molar-refractivity contribution in [3.63, 3.8) is 0 Å². The van der Waals surface area contributed by atoms with Gasteiger partial charge in [-0.3, -0.25) is 4.79 Å². The number of amides is 1. The van der Waals surface area contributed by atoms with Crippen LogP contribution in [0.25, 0.3) is 0 Å². The Kier molecular flexibility index (Phi) is 5.48. The maximum absolute atomic E-state index is 12.6. The fourth-order valence-electron chi connectivity index (χ4n) is 4.25. The van der Waals surface area contributed by atoms with Crippen molar-refractivity contribution in [3.05, 3.63) is 58.2 Å². The third kappa shape index (κ3) is 4.19. The average Bonchev–Trinajstić information content (AvgIpc) is 3.18. The molecule has 4 rings (SSSR count). The maximum atomic E-state index is 12.6. The number of nitrogens with zero attached hydrogens (tertiary/aromatic N) is 2. The molecule has 2 heterocycles. The summed E-state index contributed by atoms with van der Waals surface area (Å²) in [5.74, 6) is 1.34. The largest absolute Gasteiger partial charge is 0.352 e. The summed E-state index contributed by atoms with van der Waals surface area (Å²) in [7, 11) is 0. The lowest BCUT2D eigenvalue weighted by atomic mass is 9.90. The molecule has 1 fully saturated rings. The van der Waals surface area contributed by atoms with Gasteiger partial charge in [0.15, 0.2) is 0 Å². The highest BCUT2D eigenvalue weighted by atomic mass is 16.1. The Morgan fingerprint density at radius 3 is 3.04 bits per heavy atom. The number of hydrogen-bond acceptors (Lipinski definition) is 4. The van der Waals surface area contributed by atoms with E-state index < -0.39 is 0 Å². The van der Waals surface area contributed by atoms with E-state index in [1.165, 1.54) is 36.1 Å². The van der Waals surface area contributed by atoms with Gasteiger partial charge in [0.05, 0.1) is 0 Å². The quantitative estimate of drug-likeness (QED) is 0.856. The van der Waals surface area contributed by atoms with Crippen LogP contribution in [0.4, 0.5) is 0 Å². The van der Waals surface area contributed by atoms with E-state index in [9.17, 15) is 4.79 Å². The summed E-state index contributed by atoms with van der Waals surface area (Å²) in [6.07, 6.45) is 6.39. The molecule has 1 aromatic heterocycles. The first-order chi connectivity index (χ1) is 13.2. The number of hydrogen-bond donors (Lipinski definition) is 2. The number of aromatic nitrogens is 2. The van der Waals surface area contributed by atoms with Crippen LogP contribution in [0.3, 0.4) is 0 Å². The lowest BCUT2D eigenvalue weighted by molar-refractivity contribution is 0.0954. The first kappa shape index (κ1) is 18.1. The van der Waals surface area contributed by atoms with Gasteiger partial charge in [0, 0.05) is 36.5 Å². The van der Waals surface area contributed by atoms with Crippen LogP contribution in [0.2, 0.25) is 0 Å². The van der Waals surface area contributed by atoms with Gasteiger partial charge in [-0.2, -0.15) is 0 Å². The third-order valence-electron chi connectivity index (χ3n) is 5.74. The van der Waals surface area contributed by atoms with E-state index in [4.69, 9.17) is 0 Å². The molecule has 1 aliphatic heterocycles. The monoisotopic (exact) mass is 364 g/mol. The van der Waals surface area contributed by atoms with Crippen molar-refractivity contribution in [2.24, 2.45) is 0 Å². The number of nitrogens with one attached hydrogen (secondary N) is 2. The van der Waals surface area contributed by atoms with Gasteiger partial charge < -0.3 is 10.6 Å². The van der Waals surface area contributed by atoms with Crippen molar-refractivity contribution in [1.82, 2.24) is 20.6 Å². The summed E-state index contributed by atoms with van der Waals surface area (Å²) >= 11 is 0. The minimum Gasteiger partial charge on any atom is -0.352 e. The van der Waals surface area contributed by atoms with Gasteiger partial charge in [-0.15, -0.1) is 0 Å². The molecule has 2 N–H and O–H groups in total. The van der Waals surface area contributed by atoms with Gasteiger partial charge in [0.25, 0.3) is 5.91 Å². The van der Waals surface area contributed by atoms with Crippen molar-refractivity contribution in [2.45, 2.75) is 51.4 Å². The molecule has 5 nitrogen and oxygen atoms in total. The van der Waals surface area contributed by atoms with Gasteiger partial charge >= 0.3 is 0 Å². The van der Waals surface area contributed by atoms with Crippen LogP contribution in [0.15, 0.2) is 24.3 Å². The van der Waals surface area contributed by atoms with Gasteiger partial charge in [-0.05, 0) is 74.8 Å². The third-order valence-corrected chi connectivity index (χ3v) is 5.74. The molecule has 1 atom stereocenters.